The third kappa shape index (κ3) is 4.23. The summed E-state index contributed by atoms with van der Waals surface area (Å²) in [5.74, 6) is 0.732. The van der Waals surface area contributed by atoms with Gasteiger partial charge >= 0.3 is 0 Å². The normalized spacial score (nSPS) is 10.7. The molecule has 0 spiro atoms. The van der Waals surface area contributed by atoms with Crippen molar-refractivity contribution in [1.29, 1.82) is 0 Å². The maximum absolute atomic E-state index is 4.59. The number of hydrogen-bond donors (Lipinski definition) is 1. The van der Waals surface area contributed by atoms with E-state index in [1.165, 1.54) is 0 Å². The monoisotopic (exact) mass is 285 g/mol. The van der Waals surface area contributed by atoms with E-state index in [-0.39, 0.29) is 0 Å². The van der Waals surface area contributed by atoms with Gasteiger partial charge in [-0.1, -0.05) is 13.0 Å². The summed E-state index contributed by atoms with van der Waals surface area (Å²) in [5.41, 5.74) is 4.21. The third-order valence-electron chi connectivity index (χ3n) is 3.32. The Balaban J connectivity index is 2.08. The van der Waals surface area contributed by atoms with Crippen molar-refractivity contribution in [1.82, 2.24) is 20.3 Å². The maximum atomic E-state index is 4.59. The van der Waals surface area contributed by atoms with E-state index in [9.17, 15) is 0 Å². The lowest BCUT2D eigenvalue weighted by molar-refractivity contribution is 0.713. The number of aromatic nitrogens is 3. The van der Waals surface area contributed by atoms with Crippen LogP contribution in [0.2, 0.25) is 0 Å². The minimum atomic E-state index is 0.702. The van der Waals surface area contributed by atoms with Crippen molar-refractivity contribution in [3.05, 3.63) is 47.0 Å². The number of pyridine rings is 1. The second-order valence-corrected chi connectivity index (χ2v) is 5.19. The molecule has 2 aromatic heterocycles. The Morgan fingerprint density at radius 3 is 2.67 bits per heavy atom. The average molecular weight is 285 g/mol. The smallest absolute Gasteiger partial charge is 0.225 e. The molecule has 5 heteroatoms. The molecular weight excluding hydrogens is 262 g/mol. The molecule has 0 aliphatic rings. The topological polar surface area (TPSA) is 53.9 Å². The van der Waals surface area contributed by atoms with Crippen LogP contribution in [0.5, 0.6) is 0 Å². The lowest BCUT2D eigenvalue weighted by Gasteiger charge is -2.18. The van der Waals surface area contributed by atoms with Gasteiger partial charge in [-0.05, 0) is 32.5 Å². The molecular formula is C16H23N5. The van der Waals surface area contributed by atoms with Gasteiger partial charge < -0.3 is 10.2 Å². The lowest BCUT2D eigenvalue weighted by atomic mass is 10.2. The number of aryl methyl sites for hydroxylation is 2. The van der Waals surface area contributed by atoms with Gasteiger partial charge in [0, 0.05) is 36.7 Å². The van der Waals surface area contributed by atoms with Crippen molar-refractivity contribution in [3.63, 3.8) is 0 Å². The average Bonchev–Trinajstić information content (AvgIpc) is 2.46. The van der Waals surface area contributed by atoms with Gasteiger partial charge in [-0.2, -0.15) is 0 Å². The standard InChI is InChI=1S/C16H23N5/c1-5-17-9-14-10-18-16(20-13(14)3)21(4)11-15-8-6-7-12(2)19-15/h6-8,10,17H,5,9,11H2,1-4H3. The van der Waals surface area contributed by atoms with Crippen molar-refractivity contribution in [2.24, 2.45) is 0 Å². The van der Waals surface area contributed by atoms with Crippen molar-refractivity contribution < 1.29 is 0 Å². The molecule has 0 atom stereocenters. The van der Waals surface area contributed by atoms with Crippen LogP contribution in [0, 0.1) is 13.8 Å². The largest absolute Gasteiger partial charge is 0.338 e. The highest BCUT2D eigenvalue weighted by Crippen LogP contribution is 2.12. The lowest BCUT2D eigenvalue weighted by Crippen LogP contribution is -2.21. The van der Waals surface area contributed by atoms with E-state index in [1.807, 2.05) is 50.2 Å². The Labute approximate surface area is 126 Å². The van der Waals surface area contributed by atoms with E-state index < -0.39 is 0 Å². The Kier molecular flexibility index (Phi) is 5.22. The Bertz CT molecular complexity index is 597. The van der Waals surface area contributed by atoms with Crippen LogP contribution < -0.4 is 10.2 Å². The molecule has 2 aromatic rings. The van der Waals surface area contributed by atoms with Gasteiger partial charge in [0.25, 0.3) is 0 Å². The number of hydrogen-bond acceptors (Lipinski definition) is 5. The minimum absolute atomic E-state index is 0.702. The molecule has 0 aromatic carbocycles. The van der Waals surface area contributed by atoms with Crippen LogP contribution in [0.3, 0.4) is 0 Å². The third-order valence-corrected chi connectivity index (χ3v) is 3.32. The molecule has 2 rings (SSSR count). The molecule has 0 unspecified atom stereocenters. The van der Waals surface area contributed by atoms with Gasteiger partial charge in [-0.15, -0.1) is 0 Å². The fraction of sp³-hybridized carbons (Fsp3) is 0.438. The molecule has 0 fully saturated rings. The van der Waals surface area contributed by atoms with Crippen LogP contribution in [-0.2, 0) is 13.1 Å². The highest BCUT2D eigenvalue weighted by molar-refractivity contribution is 5.32. The summed E-state index contributed by atoms with van der Waals surface area (Å²) in [5, 5.41) is 3.30. The second-order valence-electron chi connectivity index (χ2n) is 5.19. The molecule has 0 saturated carbocycles. The van der Waals surface area contributed by atoms with Gasteiger partial charge in [0.15, 0.2) is 0 Å². The summed E-state index contributed by atoms with van der Waals surface area (Å²) in [6.07, 6.45) is 1.90. The summed E-state index contributed by atoms with van der Waals surface area (Å²) in [6.45, 7) is 8.57. The summed E-state index contributed by atoms with van der Waals surface area (Å²) in [4.78, 5) is 15.6. The summed E-state index contributed by atoms with van der Waals surface area (Å²) >= 11 is 0. The van der Waals surface area contributed by atoms with E-state index in [1.54, 1.807) is 0 Å². The van der Waals surface area contributed by atoms with E-state index in [2.05, 4.69) is 27.2 Å². The quantitative estimate of drug-likeness (QED) is 0.882. The van der Waals surface area contributed by atoms with Gasteiger partial charge in [0.2, 0.25) is 5.95 Å². The first-order chi connectivity index (χ1) is 10.1. The van der Waals surface area contributed by atoms with E-state index >= 15 is 0 Å². The fourth-order valence-electron chi connectivity index (χ4n) is 2.10. The van der Waals surface area contributed by atoms with Crippen LogP contribution in [-0.4, -0.2) is 28.5 Å². The predicted octanol–water partition coefficient (Wildman–Crippen LogP) is 2.23. The number of anilines is 1. The van der Waals surface area contributed by atoms with Crippen molar-refractivity contribution in [2.75, 3.05) is 18.5 Å². The number of rotatable bonds is 6. The van der Waals surface area contributed by atoms with Crippen LogP contribution in [0.4, 0.5) is 5.95 Å². The first-order valence-corrected chi connectivity index (χ1v) is 7.27. The zero-order valence-corrected chi connectivity index (χ0v) is 13.2. The van der Waals surface area contributed by atoms with Crippen molar-refractivity contribution in [2.45, 2.75) is 33.9 Å². The molecule has 5 nitrogen and oxygen atoms in total. The zero-order chi connectivity index (χ0) is 15.2. The zero-order valence-electron chi connectivity index (χ0n) is 13.2. The van der Waals surface area contributed by atoms with Gasteiger partial charge in [0.1, 0.15) is 0 Å². The van der Waals surface area contributed by atoms with Crippen LogP contribution in [0.25, 0.3) is 0 Å². The number of nitrogens with zero attached hydrogens (tertiary/aromatic N) is 4. The van der Waals surface area contributed by atoms with E-state index in [0.717, 1.165) is 41.7 Å². The minimum Gasteiger partial charge on any atom is -0.338 e. The molecule has 21 heavy (non-hydrogen) atoms. The van der Waals surface area contributed by atoms with Gasteiger partial charge in [-0.25, -0.2) is 9.97 Å². The predicted molar refractivity (Wildman–Crippen MR) is 85.2 cm³/mol. The molecule has 112 valence electrons. The highest BCUT2D eigenvalue weighted by Gasteiger charge is 2.08. The molecule has 1 N–H and O–H groups in total. The Morgan fingerprint density at radius 1 is 1.19 bits per heavy atom. The maximum Gasteiger partial charge on any atom is 0.225 e. The molecule has 0 bridgehead atoms. The Hall–Kier alpha value is -2.01. The SMILES string of the molecule is CCNCc1cnc(N(C)Cc2cccc(C)n2)nc1C. The summed E-state index contributed by atoms with van der Waals surface area (Å²) in [6, 6.07) is 6.05. The Morgan fingerprint density at radius 2 is 2.00 bits per heavy atom. The van der Waals surface area contributed by atoms with Crippen LogP contribution in [0.15, 0.2) is 24.4 Å². The summed E-state index contributed by atoms with van der Waals surface area (Å²) < 4.78 is 0. The van der Waals surface area contributed by atoms with E-state index in [4.69, 9.17) is 0 Å². The van der Waals surface area contributed by atoms with Gasteiger partial charge in [0.05, 0.1) is 12.2 Å². The molecule has 0 amide bonds. The molecule has 0 radical (unpaired) electrons. The molecule has 2 heterocycles. The van der Waals surface area contributed by atoms with E-state index in [0.29, 0.717) is 6.54 Å². The molecule has 0 saturated heterocycles. The van der Waals surface area contributed by atoms with Crippen LogP contribution >= 0.6 is 0 Å². The fourth-order valence-corrected chi connectivity index (χ4v) is 2.10. The summed E-state index contributed by atoms with van der Waals surface area (Å²) in [7, 11) is 1.99. The molecule has 0 aliphatic heterocycles. The van der Waals surface area contributed by atoms with Gasteiger partial charge in [-0.3, -0.25) is 4.98 Å². The second kappa shape index (κ2) is 7.13. The first-order valence-electron chi connectivity index (χ1n) is 7.27. The van der Waals surface area contributed by atoms with Crippen LogP contribution in [0.1, 0.15) is 29.6 Å². The molecule has 0 aliphatic carbocycles. The highest BCUT2D eigenvalue weighted by atomic mass is 15.2. The van der Waals surface area contributed by atoms with Crippen molar-refractivity contribution >= 4 is 5.95 Å². The number of nitrogens with one attached hydrogen (secondary N) is 1. The van der Waals surface area contributed by atoms with Crippen molar-refractivity contribution in [3.8, 4) is 0 Å². The first kappa shape index (κ1) is 15.4.